The van der Waals surface area contributed by atoms with Crippen LogP contribution in [0, 0.1) is 0 Å². The average Bonchev–Trinajstić information content (AvgIpc) is 2.65. The van der Waals surface area contributed by atoms with Crippen LogP contribution in [0.4, 0.5) is 0 Å². The molecular formula is C20H21NO4. The molecule has 0 unspecified atom stereocenters. The van der Waals surface area contributed by atoms with E-state index in [9.17, 15) is 4.79 Å². The molecule has 0 saturated carbocycles. The molecule has 1 heterocycles. The lowest BCUT2D eigenvalue weighted by molar-refractivity contribution is 0.294. The molecule has 3 aromatic rings. The first-order valence-corrected chi connectivity index (χ1v) is 8.36. The molecule has 130 valence electrons. The number of hydrogen-bond acceptors (Lipinski definition) is 5. The average molecular weight is 339 g/mol. The number of rotatable bonds is 9. The first-order chi connectivity index (χ1) is 12.3. The lowest BCUT2D eigenvalue weighted by atomic mass is 10.2. The van der Waals surface area contributed by atoms with E-state index in [0.29, 0.717) is 18.8 Å². The Bertz CT molecular complexity index is 845. The van der Waals surface area contributed by atoms with Crippen LogP contribution in [0.1, 0.15) is 6.42 Å². The Labute approximate surface area is 146 Å². The third kappa shape index (κ3) is 5.36. The van der Waals surface area contributed by atoms with Gasteiger partial charge in [0.25, 0.3) is 0 Å². The topological polar surface area (TPSA) is 60.7 Å². The lowest BCUT2D eigenvalue weighted by Crippen LogP contribution is -2.23. The lowest BCUT2D eigenvalue weighted by Gasteiger charge is -2.09. The fourth-order valence-electron chi connectivity index (χ4n) is 2.41. The van der Waals surface area contributed by atoms with Crippen molar-refractivity contribution in [1.29, 1.82) is 0 Å². The molecule has 3 rings (SSSR count). The van der Waals surface area contributed by atoms with E-state index in [-0.39, 0.29) is 5.63 Å². The predicted octanol–water partition coefficient (Wildman–Crippen LogP) is 3.23. The van der Waals surface area contributed by atoms with Gasteiger partial charge in [0.1, 0.15) is 23.7 Å². The molecule has 0 atom stereocenters. The molecule has 0 bridgehead atoms. The zero-order valence-electron chi connectivity index (χ0n) is 13.9. The quantitative estimate of drug-likeness (QED) is 0.479. The number of ether oxygens (including phenoxy) is 2. The van der Waals surface area contributed by atoms with Gasteiger partial charge in [-0.25, -0.2) is 4.79 Å². The van der Waals surface area contributed by atoms with Gasteiger partial charge >= 0.3 is 5.63 Å². The minimum atomic E-state index is -0.346. The second-order valence-corrected chi connectivity index (χ2v) is 5.57. The van der Waals surface area contributed by atoms with E-state index in [1.165, 1.54) is 6.07 Å². The SMILES string of the molecule is O=c1ccc2cc(OCCNCCCOc3ccccc3)ccc2o1. The van der Waals surface area contributed by atoms with Gasteiger partial charge in [-0.05, 0) is 49.4 Å². The first-order valence-electron chi connectivity index (χ1n) is 8.36. The summed E-state index contributed by atoms with van der Waals surface area (Å²) in [5, 5.41) is 4.17. The number of benzene rings is 2. The van der Waals surface area contributed by atoms with E-state index in [1.54, 1.807) is 18.2 Å². The number of fused-ring (bicyclic) bond motifs is 1. The van der Waals surface area contributed by atoms with Gasteiger partial charge in [0.05, 0.1) is 6.61 Å². The van der Waals surface area contributed by atoms with Crippen molar-refractivity contribution >= 4 is 11.0 Å². The molecule has 0 fully saturated rings. The molecule has 2 aromatic carbocycles. The minimum absolute atomic E-state index is 0.346. The highest BCUT2D eigenvalue weighted by atomic mass is 16.5. The van der Waals surface area contributed by atoms with E-state index in [0.717, 1.165) is 36.4 Å². The Morgan fingerprint density at radius 3 is 2.56 bits per heavy atom. The van der Waals surface area contributed by atoms with Crippen molar-refractivity contribution in [3.8, 4) is 11.5 Å². The Hall–Kier alpha value is -2.79. The van der Waals surface area contributed by atoms with Crippen LogP contribution in [0.5, 0.6) is 11.5 Å². The van der Waals surface area contributed by atoms with E-state index < -0.39 is 0 Å². The molecule has 1 N–H and O–H groups in total. The summed E-state index contributed by atoms with van der Waals surface area (Å²) in [6.45, 7) is 2.89. The monoisotopic (exact) mass is 339 g/mol. The summed E-state index contributed by atoms with van der Waals surface area (Å²) in [6, 6.07) is 18.4. The van der Waals surface area contributed by atoms with Crippen LogP contribution < -0.4 is 20.4 Å². The Balaban J connectivity index is 1.31. The van der Waals surface area contributed by atoms with Gasteiger partial charge in [-0.2, -0.15) is 0 Å². The van der Waals surface area contributed by atoms with Crippen LogP contribution in [-0.4, -0.2) is 26.3 Å². The Morgan fingerprint density at radius 1 is 0.840 bits per heavy atom. The van der Waals surface area contributed by atoms with Crippen LogP contribution >= 0.6 is 0 Å². The van der Waals surface area contributed by atoms with E-state index in [4.69, 9.17) is 13.9 Å². The van der Waals surface area contributed by atoms with Crippen molar-refractivity contribution in [3.63, 3.8) is 0 Å². The van der Waals surface area contributed by atoms with Gasteiger partial charge < -0.3 is 19.2 Å². The predicted molar refractivity (Wildman–Crippen MR) is 97.4 cm³/mol. The molecule has 0 radical (unpaired) electrons. The molecule has 0 amide bonds. The van der Waals surface area contributed by atoms with Crippen LogP contribution in [0.15, 0.2) is 69.9 Å². The Kier molecular flexibility index (Phi) is 6.06. The molecule has 5 nitrogen and oxygen atoms in total. The first kappa shape index (κ1) is 17.0. The van der Waals surface area contributed by atoms with Gasteiger partial charge in [-0.3, -0.25) is 0 Å². The van der Waals surface area contributed by atoms with Crippen molar-refractivity contribution in [2.45, 2.75) is 6.42 Å². The number of para-hydroxylation sites is 1. The molecule has 0 spiro atoms. The fraction of sp³-hybridized carbons (Fsp3) is 0.250. The maximum absolute atomic E-state index is 11.2. The van der Waals surface area contributed by atoms with Crippen molar-refractivity contribution in [2.75, 3.05) is 26.3 Å². The van der Waals surface area contributed by atoms with Gasteiger partial charge in [0, 0.05) is 18.0 Å². The second kappa shape index (κ2) is 8.89. The van der Waals surface area contributed by atoms with Crippen molar-refractivity contribution in [3.05, 3.63) is 71.1 Å². The van der Waals surface area contributed by atoms with Gasteiger partial charge in [-0.1, -0.05) is 18.2 Å². The molecule has 5 heteroatoms. The molecular weight excluding hydrogens is 318 g/mol. The maximum atomic E-state index is 11.2. The highest BCUT2D eigenvalue weighted by molar-refractivity contribution is 5.77. The molecule has 0 aliphatic heterocycles. The summed E-state index contributed by atoms with van der Waals surface area (Å²) in [7, 11) is 0. The summed E-state index contributed by atoms with van der Waals surface area (Å²) in [4.78, 5) is 11.2. The third-order valence-electron chi connectivity index (χ3n) is 3.65. The normalized spacial score (nSPS) is 10.7. The summed E-state index contributed by atoms with van der Waals surface area (Å²) in [5.74, 6) is 1.66. The molecule has 0 saturated heterocycles. The highest BCUT2D eigenvalue weighted by Gasteiger charge is 2.00. The van der Waals surface area contributed by atoms with E-state index in [1.807, 2.05) is 36.4 Å². The standard InChI is InChI=1S/C20H21NO4/c22-20-10-7-16-15-18(8-9-19(16)25-20)24-14-12-21-11-4-13-23-17-5-2-1-3-6-17/h1-3,5-10,15,21H,4,11-14H2. The van der Waals surface area contributed by atoms with Crippen molar-refractivity contribution < 1.29 is 13.9 Å². The third-order valence-corrected chi connectivity index (χ3v) is 3.65. The number of hydrogen-bond donors (Lipinski definition) is 1. The van der Waals surface area contributed by atoms with Crippen LogP contribution in [0.25, 0.3) is 11.0 Å². The van der Waals surface area contributed by atoms with Crippen LogP contribution in [0.3, 0.4) is 0 Å². The molecule has 25 heavy (non-hydrogen) atoms. The summed E-state index contributed by atoms with van der Waals surface area (Å²) in [6.07, 6.45) is 0.934. The summed E-state index contributed by atoms with van der Waals surface area (Å²) in [5.41, 5.74) is 0.220. The number of nitrogens with one attached hydrogen (secondary N) is 1. The Morgan fingerprint density at radius 2 is 1.68 bits per heavy atom. The highest BCUT2D eigenvalue weighted by Crippen LogP contribution is 2.19. The largest absolute Gasteiger partial charge is 0.494 e. The molecule has 0 aliphatic carbocycles. The zero-order valence-corrected chi connectivity index (χ0v) is 13.9. The van der Waals surface area contributed by atoms with Crippen molar-refractivity contribution in [2.24, 2.45) is 0 Å². The van der Waals surface area contributed by atoms with Crippen LogP contribution in [0.2, 0.25) is 0 Å². The van der Waals surface area contributed by atoms with E-state index >= 15 is 0 Å². The fourth-order valence-corrected chi connectivity index (χ4v) is 2.41. The minimum Gasteiger partial charge on any atom is -0.494 e. The zero-order chi connectivity index (χ0) is 17.3. The van der Waals surface area contributed by atoms with E-state index in [2.05, 4.69) is 5.32 Å². The van der Waals surface area contributed by atoms with Crippen molar-refractivity contribution in [1.82, 2.24) is 5.32 Å². The maximum Gasteiger partial charge on any atom is 0.336 e. The molecule has 1 aromatic heterocycles. The summed E-state index contributed by atoms with van der Waals surface area (Å²) < 4.78 is 16.4. The smallest absolute Gasteiger partial charge is 0.336 e. The molecule has 0 aliphatic rings. The van der Waals surface area contributed by atoms with Gasteiger partial charge in [0.2, 0.25) is 0 Å². The second-order valence-electron chi connectivity index (χ2n) is 5.57. The summed E-state index contributed by atoms with van der Waals surface area (Å²) >= 11 is 0. The van der Waals surface area contributed by atoms with Gasteiger partial charge in [0.15, 0.2) is 0 Å². The van der Waals surface area contributed by atoms with Crippen LogP contribution in [-0.2, 0) is 0 Å². The van der Waals surface area contributed by atoms with Gasteiger partial charge in [-0.15, -0.1) is 0 Å².